The Morgan fingerprint density at radius 1 is 1.37 bits per heavy atom. The predicted molar refractivity (Wildman–Crippen MR) is 81.1 cm³/mol. The van der Waals surface area contributed by atoms with Crippen LogP contribution in [0.1, 0.15) is 30.4 Å². The van der Waals surface area contributed by atoms with E-state index in [4.69, 9.17) is 5.73 Å². The molecule has 0 heterocycles. The Morgan fingerprint density at radius 3 is 2.79 bits per heavy atom. The van der Waals surface area contributed by atoms with Crippen molar-refractivity contribution < 1.29 is 4.79 Å². The SMILES string of the molecule is CSC1CCCC1NC(=O)Cc1ccccc1CN. The third-order valence-electron chi connectivity index (χ3n) is 3.79. The van der Waals surface area contributed by atoms with Crippen molar-refractivity contribution in [2.24, 2.45) is 5.73 Å². The van der Waals surface area contributed by atoms with Gasteiger partial charge in [0, 0.05) is 17.8 Å². The van der Waals surface area contributed by atoms with Crippen molar-refractivity contribution in [3.05, 3.63) is 35.4 Å². The van der Waals surface area contributed by atoms with Gasteiger partial charge in [0.05, 0.1) is 6.42 Å². The second kappa shape index (κ2) is 6.96. The van der Waals surface area contributed by atoms with Gasteiger partial charge in [-0.3, -0.25) is 4.79 Å². The molecule has 0 bridgehead atoms. The fourth-order valence-corrected chi connectivity index (χ4v) is 3.67. The molecule has 0 spiro atoms. The van der Waals surface area contributed by atoms with Gasteiger partial charge >= 0.3 is 0 Å². The molecule has 0 radical (unpaired) electrons. The zero-order valence-electron chi connectivity index (χ0n) is 11.4. The summed E-state index contributed by atoms with van der Waals surface area (Å²) in [6.45, 7) is 0.486. The molecule has 0 saturated heterocycles. The second-order valence-electron chi connectivity index (χ2n) is 5.03. The van der Waals surface area contributed by atoms with E-state index in [1.54, 1.807) is 0 Å². The van der Waals surface area contributed by atoms with Crippen LogP contribution in [0.2, 0.25) is 0 Å². The molecule has 4 heteroatoms. The summed E-state index contributed by atoms with van der Waals surface area (Å²) in [5.41, 5.74) is 7.80. The average molecular weight is 278 g/mol. The van der Waals surface area contributed by atoms with Gasteiger partial charge in [-0.15, -0.1) is 0 Å². The van der Waals surface area contributed by atoms with E-state index >= 15 is 0 Å². The highest BCUT2D eigenvalue weighted by molar-refractivity contribution is 7.99. The van der Waals surface area contributed by atoms with E-state index in [1.165, 1.54) is 12.8 Å². The molecule has 19 heavy (non-hydrogen) atoms. The third kappa shape index (κ3) is 3.74. The van der Waals surface area contributed by atoms with Gasteiger partial charge in [-0.1, -0.05) is 30.7 Å². The van der Waals surface area contributed by atoms with E-state index in [1.807, 2.05) is 36.0 Å². The smallest absolute Gasteiger partial charge is 0.224 e. The van der Waals surface area contributed by atoms with Crippen molar-refractivity contribution in [1.29, 1.82) is 0 Å². The average Bonchev–Trinajstić information content (AvgIpc) is 2.86. The standard InChI is InChI=1S/C15H22N2OS/c1-19-14-8-4-7-13(14)17-15(18)9-11-5-2-3-6-12(11)10-16/h2-3,5-6,13-14H,4,7-10,16H2,1H3,(H,17,18). The Kier molecular flexibility index (Phi) is 5.28. The molecule has 1 aliphatic carbocycles. The van der Waals surface area contributed by atoms with Crippen LogP contribution < -0.4 is 11.1 Å². The second-order valence-corrected chi connectivity index (χ2v) is 6.11. The lowest BCUT2D eigenvalue weighted by Gasteiger charge is -2.19. The van der Waals surface area contributed by atoms with Crippen molar-refractivity contribution in [1.82, 2.24) is 5.32 Å². The van der Waals surface area contributed by atoms with Gasteiger partial charge in [0.2, 0.25) is 5.91 Å². The summed E-state index contributed by atoms with van der Waals surface area (Å²) >= 11 is 1.86. The molecule has 1 aromatic carbocycles. The molecule has 1 amide bonds. The van der Waals surface area contributed by atoms with Crippen molar-refractivity contribution >= 4 is 17.7 Å². The van der Waals surface area contributed by atoms with Crippen LogP contribution >= 0.6 is 11.8 Å². The maximum absolute atomic E-state index is 12.1. The summed E-state index contributed by atoms with van der Waals surface area (Å²) < 4.78 is 0. The largest absolute Gasteiger partial charge is 0.352 e. The summed E-state index contributed by atoms with van der Waals surface area (Å²) in [5, 5.41) is 3.76. The normalized spacial score (nSPS) is 22.4. The number of nitrogens with two attached hydrogens (primary N) is 1. The molecule has 2 atom stereocenters. The fourth-order valence-electron chi connectivity index (χ4n) is 2.73. The van der Waals surface area contributed by atoms with Gasteiger partial charge in [0.25, 0.3) is 0 Å². The third-order valence-corrected chi connectivity index (χ3v) is 4.96. The van der Waals surface area contributed by atoms with Crippen LogP contribution in [-0.4, -0.2) is 23.5 Å². The number of carbonyl (C=O) groups is 1. The monoisotopic (exact) mass is 278 g/mol. The quantitative estimate of drug-likeness (QED) is 0.867. The van der Waals surface area contributed by atoms with Crippen LogP contribution in [0.3, 0.4) is 0 Å². The number of nitrogens with one attached hydrogen (secondary N) is 1. The Labute approximate surface area is 119 Å². The number of rotatable bonds is 5. The Hall–Kier alpha value is -1.00. The molecule has 2 rings (SSSR count). The number of benzene rings is 1. The Morgan fingerprint density at radius 2 is 2.11 bits per heavy atom. The van der Waals surface area contributed by atoms with Crippen molar-refractivity contribution in [3.63, 3.8) is 0 Å². The molecule has 3 nitrogen and oxygen atoms in total. The van der Waals surface area contributed by atoms with E-state index in [0.29, 0.717) is 24.3 Å². The van der Waals surface area contributed by atoms with E-state index < -0.39 is 0 Å². The highest BCUT2D eigenvalue weighted by Gasteiger charge is 2.27. The van der Waals surface area contributed by atoms with Crippen LogP contribution in [0.25, 0.3) is 0 Å². The minimum Gasteiger partial charge on any atom is -0.352 e. The van der Waals surface area contributed by atoms with Gasteiger partial charge in [0.15, 0.2) is 0 Å². The summed E-state index contributed by atoms with van der Waals surface area (Å²) in [4.78, 5) is 12.1. The molecular formula is C15H22N2OS. The van der Waals surface area contributed by atoms with Gasteiger partial charge in [0.1, 0.15) is 0 Å². The van der Waals surface area contributed by atoms with E-state index in [9.17, 15) is 4.79 Å². The molecule has 0 aromatic heterocycles. The topological polar surface area (TPSA) is 55.1 Å². The molecule has 104 valence electrons. The predicted octanol–water partition coefficient (Wildman–Crippen LogP) is 2.09. The number of amides is 1. The minimum absolute atomic E-state index is 0.117. The maximum atomic E-state index is 12.1. The van der Waals surface area contributed by atoms with Crippen LogP contribution in [0.5, 0.6) is 0 Å². The molecule has 3 N–H and O–H groups in total. The zero-order chi connectivity index (χ0) is 13.7. The minimum atomic E-state index is 0.117. The van der Waals surface area contributed by atoms with Crippen LogP contribution in [-0.2, 0) is 17.8 Å². The molecular weight excluding hydrogens is 256 g/mol. The highest BCUT2D eigenvalue weighted by Crippen LogP contribution is 2.28. The summed E-state index contributed by atoms with van der Waals surface area (Å²) in [5.74, 6) is 0.117. The number of hydrogen-bond donors (Lipinski definition) is 2. The molecule has 1 saturated carbocycles. The molecule has 1 aromatic rings. The number of carbonyl (C=O) groups excluding carboxylic acids is 1. The Balaban J connectivity index is 1.94. The zero-order valence-corrected chi connectivity index (χ0v) is 12.2. The van der Waals surface area contributed by atoms with Gasteiger partial charge in [-0.25, -0.2) is 0 Å². The first-order valence-corrected chi connectivity index (χ1v) is 8.12. The summed E-state index contributed by atoms with van der Waals surface area (Å²) in [6, 6.07) is 8.24. The lowest BCUT2D eigenvalue weighted by molar-refractivity contribution is -0.121. The molecule has 0 aliphatic heterocycles. The van der Waals surface area contributed by atoms with Crippen molar-refractivity contribution in [2.45, 2.75) is 43.5 Å². The number of thioether (sulfide) groups is 1. The summed E-state index contributed by atoms with van der Waals surface area (Å²) in [7, 11) is 0. The van der Waals surface area contributed by atoms with Crippen LogP contribution in [0, 0.1) is 0 Å². The molecule has 2 unspecified atom stereocenters. The lowest BCUT2D eigenvalue weighted by Crippen LogP contribution is -2.39. The highest BCUT2D eigenvalue weighted by atomic mass is 32.2. The first-order valence-electron chi connectivity index (χ1n) is 6.83. The molecule has 1 aliphatic rings. The van der Waals surface area contributed by atoms with Gasteiger partial charge < -0.3 is 11.1 Å². The van der Waals surface area contributed by atoms with Gasteiger partial charge in [-0.2, -0.15) is 11.8 Å². The number of hydrogen-bond acceptors (Lipinski definition) is 3. The van der Waals surface area contributed by atoms with Crippen molar-refractivity contribution in [3.8, 4) is 0 Å². The maximum Gasteiger partial charge on any atom is 0.224 e. The first-order chi connectivity index (χ1) is 9.24. The fraction of sp³-hybridized carbons (Fsp3) is 0.533. The van der Waals surface area contributed by atoms with E-state index in [2.05, 4.69) is 11.6 Å². The van der Waals surface area contributed by atoms with Crippen LogP contribution in [0.15, 0.2) is 24.3 Å². The molecule has 1 fully saturated rings. The first kappa shape index (κ1) is 14.4. The van der Waals surface area contributed by atoms with Gasteiger partial charge in [-0.05, 0) is 30.2 Å². The summed E-state index contributed by atoms with van der Waals surface area (Å²) in [6.07, 6.45) is 6.10. The lowest BCUT2D eigenvalue weighted by atomic mass is 10.0. The van der Waals surface area contributed by atoms with E-state index in [0.717, 1.165) is 17.5 Å². The van der Waals surface area contributed by atoms with E-state index in [-0.39, 0.29) is 5.91 Å². The Bertz CT molecular complexity index is 436. The van der Waals surface area contributed by atoms with Crippen LogP contribution in [0.4, 0.5) is 0 Å². The van der Waals surface area contributed by atoms with Crippen molar-refractivity contribution in [2.75, 3.05) is 6.26 Å².